The van der Waals surface area contributed by atoms with Crippen LogP contribution in [0.25, 0.3) is 0 Å². The quantitative estimate of drug-likeness (QED) is 0.483. The monoisotopic (exact) mass is 382 g/mol. The molecule has 23 heavy (non-hydrogen) atoms. The summed E-state index contributed by atoms with van der Waals surface area (Å²) in [6.45, 7) is 7.34. The Bertz CT molecular complexity index is 653. The molecule has 0 amide bonds. The van der Waals surface area contributed by atoms with Gasteiger partial charge in [0.2, 0.25) is 0 Å². The fourth-order valence-corrected chi connectivity index (χ4v) is 25.6. The molecule has 126 valence electrons. The maximum Gasteiger partial charge on any atom is 0.0861 e. The van der Waals surface area contributed by atoms with Gasteiger partial charge in [-0.15, -0.1) is 0 Å². The maximum atomic E-state index is 7.66. The average molecular weight is 383 g/mol. The molecule has 0 N–H and O–H groups in total. The van der Waals surface area contributed by atoms with E-state index in [9.17, 15) is 0 Å². The van der Waals surface area contributed by atoms with Crippen LogP contribution in [0.4, 0.5) is 0 Å². The van der Waals surface area contributed by atoms with Gasteiger partial charge in [0.25, 0.3) is 0 Å². The van der Waals surface area contributed by atoms with E-state index in [4.69, 9.17) is 11.2 Å². The van der Waals surface area contributed by atoms with Gasteiger partial charge in [0, 0.05) is 6.24 Å². The zero-order valence-electron chi connectivity index (χ0n) is 15.0. The second-order valence-electron chi connectivity index (χ2n) is 7.65. The largest absolute Gasteiger partial charge is 0.229 e. The highest BCUT2D eigenvalue weighted by Gasteiger charge is 2.37. The number of benzene rings is 2. The van der Waals surface area contributed by atoms with Crippen LogP contribution in [0.5, 0.6) is 0 Å². The molecule has 2 rings (SSSR count). The lowest BCUT2D eigenvalue weighted by Crippen LogP contribution is -2.40. The summed E-state index contributed by atoms with van der Waals surface area (Å²) in [6.07, 6.45) is 5.18. The van der Waals surface area contributed by atoms with Crippen LogP contribution in [0.3, 0.4) is 0 Å². The molecule has 0 fully saturated rings. The van der Waals surface area contributed by atoms with Crippen LogP contribution < -0.4 is 10.6 Å². The van der Waals surface area contributed by atoms with Crippen molar-refractivity contribution in [3.63, 3.8) is 0 Å². The first-order chi connectivity index (χ1) is 10.6. The van der Waals surface area contributed by atoms with Crippen LogP contribution >= 0.6 is 27.5 Å². The van der Waals surface area contributed by atoms with Crippen molar-refractivity contribution in [3.05, 3.63) is 60.7 Å². The molecular weight excluding hydrogens is 355 g/mol. The molecule has 2 aromatic rings. The van der Waals surface area contributed by atoms with Crippen LogP contribution in [-0.2, 0) is 0 Å². The van der Waals surface area contributed by atoms with Gasteiger partial charge in [0.05, 0.1) is 8.07 Å². The lowest BCUT2D eigenvalue weighted by Gasteiger charge is -2.43. The molecule has 0 aliphatic carbocycles. The van der Waals surface area contributed by atoms with E-state index < -0.39 is 24.3 Å². The van der Waals surface area contributed by atoms with Gasteiger partial charge < -0.3 is 0 Å². The lowest BCUT2D eigenvalue weighted by atomic mass is 10.4. The summed E-state index contributed by atoms with van der Waals surface area (Å²) in [7, 11) is -2.43. The first-order valence-electron chi connectivity index (χ1n) is 7.84. The van der Waals surface area contributed by atoms with Crippen LogP contribution in [0, 0.1) is 0 Å². The average Bonchev–Trinajstić information content (AvgIpc) is 2.46. The zero-order chi connectivity index (χ0) is 17.3. The minimum Gasteiger partial charge on any atom is -0.229 e. The third kappa shape index (κ3) is 3.99. The first-order valence-corrected chi connectivity index (χ1v) is 16.9. The molecule has 0 heterocycles. The summed E-state index contributed by atoms with van der Waals surface area (Å²) in [5.74, 6) is 0. The van der Waals surface area contributed by atoms with E-state index in [1.165, 1.54) is 10.6 Å². The molecule has 0 aliphatic heterocycles. The molecule has 4 heteroatoms. The lowest BCUT2D eigenvalue weighted by molar-refractivity contribution is 1.76. The molecule has 0 radical (unpaired) electrons. The van der Waals surface area contributed by atoms with Crippen molar-refractivity contribution in [1.29, 1.82) is 0 Å². The van der Waals surface area contributed by atoms with Crippen molar-refractivity contribution in [2.45, 2.75) is 19.6 Å². The Kier molecular flexibility index (Phi) is 5.63. The predicted octanol–water partition coefficient (Wildman–Crippen LogP) is 5.51. The highest BCUT2D eigenvalue weighted by molar-refractivity contribution is 8.53. The second kappa shape index (κ2) is 6.84. The van der Waals surface area contributed by atoms with E-state index in [0.29, 0.717) is 0 Å². The highest BCUT2D eigenvalue weighted by Crippen LogP contribution is 2.61. The molecule has 0 unspecified atom stereocenters. The van der Waals surface area contributed by atoms with Gasteiger partial charge in [0.15, 0.2) is 0 Å². The van der Waals surface area contributed by atoms with Gasteiger partial charge in [0.1, 0.15) is 0 Å². The van der Waals surface area contributed by atoms with E-state index in [2.05, 4.69) is 99.1 Å². The molecule has 0 aliphatic rings. The fraction of sp³-hybridized carbons (Fsp3) is 0.316. The molecule has 0 aromatic heterocycles. The predicted molar refractivity (Wildman–Crippen MR) is 119 cm³/mol. The van der Waals surface area contributed by atoms with Crippen molar-refractivity contribution < 1.29 is 0 Å². The minimum absolute atomic E-state index is 0.881. The molecule has 0 saturated carbocycles. The van der Waals surface area contributed by atoms with Crippen LogP contribution in [0.15, 0.2) is 60.7 Å². The summed E-state index contributed by atoms with van der Waals surface area (Å²) in [5.41, 5.74) is 0. The molecule has 0 nitrogen and oxygen atoms in total. The van der Waals surface area contributed by atoms with Crippen LogP contribution in [0.2, 0.25) is 19.6 Å². The van der Waals surface area contributed by atoms with Crippen molar-refractivity contribution in [1.82, 2.24) is 0 Å². The van der Waals surface area contributed by atoms with Crippen LogP contribution in [-0.4, -0.2) is 31.1 Å². The molecule has 2 aromatic carbocycles. The van der Waals surface area contributed by atoms with E-state index in [0.717, 1.165) is 0 Å². The zero-order valence-corrected chi connectivity index (χ0v) is 18.5. The van der Waals surface area contributed by atoms with Crippen molar-refractivity contribution >= 4 is 50.4 Å². The Hall–Kier alpha value is -0.403. The Morgan fingerprint density at radius 2 is 1.13 bits per heavy atom. The van der Waals surface area contributed by atoms with Crippen molar-refractivity contribution in [2.75, 3.05) is 18.8 Å². The SMILES string of the molecule is C[Si](C)(C)C(=P(Cl)(c1ccccc1)c1ccccc1)S(C)(C)C. The first kappa shape index (κ1) is 18.9. The number of rotatable bonds is 4. The second-order valence-corrected chi connectivity index (χ2v) is 22.0. The topological polar surface area (TPSA) is 0 Å². The summed E-state index contributed by atoms with van der Waals surface area (Å²) >= 11 is 7.66. The Morgan fingerprint density at radius 1 is 0.783 bits per heavy atom. The molecule has 0 atom stereocenters. The standard InChI is InChI=1S/C19H28ClPSSi/c1-22(2,3)19(23(4,5)6)21(20,17-13-9-7-10-14-17)18-15-11-8-12-16-18/h7-16H,1-6H3. The summed E-state index contributed by atoms with van der Waals surface area (Å²) < 4.78 is 1.66. The Morgan fingerprint density at radius 3 is 1.39 bits per heavy atom. The highest BCUT2D eigenvalue weighted by atomic mass is 35.7. The summed E-state index contributed by atoms with van der Waals surface area (Å²) in [5, 5.41) is 2.60. The normalized spacial score (nSPS) is 13.7. The van der Waals surface area contributed by atoms with Gasteiger partial charge >= 0.3 is 0 Å². The molecule has 0 bridgehead atoms. The third-order valence-electron chi connectivity index (χ3n) is 3.73. The number of hydrogen-bond donors (Lipinski definition) is 0. The number of hydrogen-bond acceptors (Lipinski definition) is 0. The Labute approximate surface area is 149 Å². The van der Waals surface area contributed by atoms with Gasteiger partial charge in [-0.25, -0.2) is 10.0 Å². The van der Waals surface area contributed by atoms with Crippen molar-refractivity contribution in [3.8, 4) is 0 Å². The van der Waals surface area contributed by atoms with Gasteiger partial charge in [-0.3, -0.25) is 0 Å². The van der Waals surface area contributed by atoms with Gasteiger partial charge in [-0.1, -0.05) is 91.5 Å². The van der Waals surface area contributed by atoms with E-state index in [1.54, 1.807) is 4.25 Å². The van der Waals surface area contributed by atoms with Gasteiger partial charge in [-0.05, 0) is 33.6 Å². The van der Waals surface area contributed by atoms with Crippen molar-refractivity contribution in [2.24, 2.45) is 0 Å². The van der Waals surface area contributed by atoms with E-state index in [-0.39, 0.29) is 0 Å². The van der Waals surface area contributed by atoms with E-state index >= 15 is 0 Å². The Balaban J connectivity index is 3.01. The molecule has 0 saturated heterocycles. The molecule has 0 spiro atoms. The third-order valence-corrected chi connectivity index (χ3v) is 20.3. The summed E-state index contributed by atoms with van der Waals surface area (Å²) in [6, 6.07) is 21.5. The number of halogens is 1. The smallest absolute Gasteiger partial charge is 0.0861 e. The van der Waals surface area contributed by atoms with Gasteiger partial charge in [-0.2, -0.15) is 0 Å². The summed E-state index contributed by atoms with van der Waals surface area (Å²) in [4.78, 5) is 0. The fourth-order valence-electron chi connectivity index (χ4n) is 3.41. The minimum atomic E-state index is -2.04. The molecular formula is C19H28ClPSSi. The maximum absolute atomic E-state index is 7.66. The van der Waals surface area contributed by atoms with Crippen LogP contribution in [0.1, 0.15) is 0 Å². The van der Waals surface area contributed by atoms with E-state index in [1.807, 2.05) is 0 Å².